The van der Waals surface area contributed by atoms with Crippen LogP contribution in [0.25, 0.3) is 0 Å². The normalized spacial score (nSPS) is 16.9. The number of carbonyl (C=O) groups excluding carboxylic acids is 1. The summed E-state index contributed by atoms with van der Waals surface area (Å²) in [6, 6.07) is 13.5. The van der Waals surface area contributed by atoms with Gasteiger partial charge in [0.25, 0.3) is 0 Å². The van der Waals surface area contributed by atoms with Gasteiger partial charge in [-0.2, -0.15) is 0 Å². The van der Waals surface area contributed by atoms with Crippen LogP contribution in [0.5, 0.6) is 5.75 Å². The van der Waals surface area contributed by atoms with Crippen LogP contribution in [0.15, 0.2) is 48.5 Å². The first kappa shape index (κ1) is 12.7. The van der Waals surface area contributed by atoms with Crippen LogP contribution < -0.4 is 10.1 Å². The lowest BCUT2D eigenvalue weighted by Gasteiger charge is -2.24. The van der Waals surface area contributed by atoms with Crippen LogP contribution in [0.1, 0.15) is 5.56 Å². The average molecular weight is 271 g/mol. The fourth-order valence-corrected chi connectivity index (χ4v) is 2.27. The van der Waals surface area contributed by atoms with Crippen molar-refractivity contribution >= 4 is 11.6 Å². The molecule has 1 atom stereocenters. The summed E-state index contributed by atoms with van der Waals surface area (Å²) < 4.78 is 18.4. The van der Waals surface area contributed by atoms with Crippen molar-refractivity contribution in [1.29, 1.82) is 0 Å². The Hall–Kier alpha value is -2.36. The number of carbonyl (C=O) groups is 1. The third-order valence-electron chi connectivity index (χ3n) is 3.36. The molecule has 1 aliphatic heterocycles. The number of nitrogens with one attached hydrogen (secondary N) is 1. The number of rotatable bonds is 2. The summed E-state index contributed by atoms with van der Waals surface area (Å²) >= 11 is 0. The molecule has 1 N–H and O–H groups in total. The lowest BCUT2D eigenvalue weighted by Crippen LogP contribution is -2.32. The van der Waals surface area contributed by atoms with Crippen molar-refractivity contribution in [2.75, 3.05) is 11.9 Å². The molecule has 1 amide bonds. The number of hydrogen-bond donors (Lipinski definition) is 1. The standard InChI is InChI=1S/C16H14FNO2/c17-13-5-7-14(8-6-13)18-16(19)12-9-11-3-1-2-4-15(11)20-10-12/h1-8,12H,9-10H2,(H,18,19)/t12-/m0/s1. The average Bonchev–Trinajstić information content (AvgIpc) is 2.49. The molecule has 0 unspecified atom stereocenters. The zero-order valence-electron chi connectivity index (χ0n) is 10.8. The highest BCUT2D eigenvalue weighted by molar-refractivity contribution is 5.93. The Morgan fingerprint density at radius 2 is 1.90 bits per heavy atom. The van der Waals surface area contributed by atoms with E-state index in [2.05, 4.69) is 5.32 Å². The Labute approximate surface area is 116 Å². The molecular formula is C16H14FNO2. The van der Waals surface area contributed by atoms with Crippen molar-refractivity contribution in [2.24, 2.45) is 5.92 Å². The zero-order chi connectivity index (χ0) is 13.9. The number of amides is 1. The molecule has 2 aromatic carbocycles. The van der Waals surface area contributed by atoms with Crippen molar-refractivity contribution in [3.05, 3.63) is 59.9 Å². The van der Waals surface area contributed by atoms with Crippen molar-refractivity contribution in [2.45, 2.75) is 6.42 Å². The van der Waals surface area contributed by atoms with Gasteiger partial charge in [-0.3, -0.25) is 4.79 Å². The van der Waals surface area contributed by atoms with Gasteiger partial charge in [0.2, 0.25) is 5.91 Å². The second-order valence-electron chi connectivity index (χ2n) is 4.82. The van der Waals surface area contributed by atoms with Gasteiger partial charge in [-0.05, 0) is 42.3 Å². The number of halogens is 1. The quantitative estimate of drug-likeness (QED) is 0.911. The Morgan fingerprint density at radius 1 is 1.15 bits per heavy atom. The zero-order valence-corrected chi connectivity index (χ0v) is 10.8. The minimum atomic E-state index is -0.321. The molecule has 3 rings (SSSR count). The highest BCUT2D eigenvalue weighted by Crippen LogP contribution is 2.27. The summed E-state index contributed by atoms with van der Waals surface area (Å²) in [6.07, 6.45) is 0.656. The molecule has 0 bridgehead atoms. The molecule has 102 valence electrons. The maximum Gasteiger partial charge on any atom is 0.231 e. The van der Waals surface area contributed by atoms with Crippen LogP contribution in [-0.4, -0.2) is 12.5 Å². The fraction of sp³-hybridized carbons (Fsp3) is 0.188. The smallest absolute Gasteiger partial charge is 0.231 e. The molecule has 4 heteroatoms. The first-order valence-corrected chi connectivity index (χ1v) is 6.49. The van der Waals surface area contributed by atoms with E-state index in [1.165, 1.54) is 12.1 Å². The van der Waals surface area contributed by atoms with Gasteiger partial charge in [0.15, 0.2) is 0 Å². The van der Waals surface area contributed by atoms with Gasteiger partial charge in [-0.1, -0.05) is 18.2 Å². The number of hydrogen-bond acceptors (Lipinski definition) is 2. The number of fused-ring (bicyclic) bond motifs is 1. The van der Waals surface area contributed by atoms with E-state index in [1.807, 2.05) is 24.3 Å². The van der Waals surface area contributed by atoms with Crippen molar-refractivity contribution in [3.63, 3.8) is 0 Å². The summed E-state index contributed by atoms with van der Waals surface area (Å²) in [5.41, 5.74) is 1.63. The highest BCUT2D eigenvalue weighted by atomic mass is 19.1. The van der Waals surface area contributed by atoms with E-state index < -0.39 is 0 Å². The van der Waals surface area contributed by atoms with Crippen LogP contribution in [0, 0.1) is 11.7 Å². The molecule has 2 aromatic rings. The maximum absolute atomic E-state index is 12.8. The van der Waals surface area contributed by atoms with Gasteiger partial charge >= 0.3 is 0 Å². The third-order valence-corrected chi connectivity index (χ3v) is 3.36. The lowest BCUT2D eigenvalue weighted by molar-refractivity contribution is -0.121. The van der Waals surface area contributed by atoms with Crippen LogP contribution in [0.4, 0.5) is 10.1 Å². The second kappa shape index (κ2) is 5.33. The summed E-state index contributed by atoms with van der Waals surface area (Å²) in [4.78, 5) is 12.2. The number of para-hydroxylation sites is 1. The molecule has 0 radical (unpaired) electrons. The molecule has 1 aliphatic rings. The molecule has 20 heavy (non-hydrogen) atoms. The SMILES string of the molecule is O=C(Nc1ccc(F)cc1)[C@@H]1COc2ccccc2C1. The Morgan fingerprint density at radius 3 is 2.70 bits per heavy atom. The van der Waals surface area contributed by atoms with Gasteiger partial charge in [-0.25, -0.2) is 4.39 Å². The largest absolute Gasteiger partial charge is 0.492 e. The lowest BCUT2D eigenvalue weighted by atomic mass is 9.96. The Balaban J connectivity index is 1.68. The topological polar surface area (TPSA) is 38.3 Å². The van der Waals surface area contributed by atoms with E-state index in [0.29, 0.717) is 18.7 Å². The van der Waals surface area contributed by atoms with Crippen molar-refractivity contribution in [1.82, 2.24) is 0 Å². The Kier molecular flexibility index (Phi) is 3.37. The van der Waals surface area contributed by atoms with Crippen molar-refractivity contribution < 1.29 is 13.9 Å². The van der Waals surface area contributed by atoms with E-state index in [1.54, 1.807) is 12.1 Å². The van der Waals surface area contributed by atoms with Gasteiger partial charge in [-0.15, -0.1) is 0 Å². The van der Waals surface area contributed by atoms with Gasteiger partial charge in [0.05, 0.1) is 5.92 Å². The van der Waals surface area contributed by atoms with Crippen molar-refractivity contribution in [3.8, 4) is 5.75 Å². The van der Waals surface area contributed by atoms with Gasteiger partial charge in [0.1, 0.15) is 18.2 Å². The molecule has 0 saturated carbocycles. The predicted molar refractivity (Wildman–Crippen MR) is 74.2 cm³/mol. The van der Waals surface area contributed by atoms with Crippen LogP contribution in [0.3, 0.4) is 0 Å². The molecule has 0 spiro atoms. The van der Waals surface area contributed by atoms with Crippen LogP contribution in [0.2, 0.25) is 0 Å². The summed E-state index contributed by atoms with van der Waals surface area (Å²) in [7, 11) is 0. The molecule has 0 saturated heterocycles. The van der Waals surface area contributed by atoms with Crippen LogP contribution >= 0.6 is 0 Å². The summed E-state index contributed by atoms with van der Waals surface area (Å²) in [6.45, 7) is 0.365. The number of ether oxygens (including phenoxy) is 1. The van der Waals surface area contributed by atoms with Crippen LogP contribution in [-0.2, 0) is 11.2 Å². The van der Waals surface area contributed by atoms with E-state index in [0.717, 1.165) is 11.3 Å². The summed E-state index contributed by atoms with van der Waals surface area (Å²) in [5, 5.41) is 2.78. The monoisotopic (exact) mass is 271 g/mol. The second-order valence-corrected chi connectivity index (χ2v) is 4.82. The molecule has 0 aliphatic carbocycles. The van der Waals surface area contributed by atoms with E-state index in [-0.39, 0.29) is 17.6 Å². The Bertz CT molecular complexity index is 625. The molecular weight excluding hydrogens is 257 g/mol. The summed E-state index contributed by atoms with van der Waals surface area (Å²) in [5.74, 6) is 0.192. The van der Waals surface area contributed by atoms with E-state index in [4.69, 9.17) is 4.74 Å². The number of anilines is 1. The molecule has 1 heterocycles. The van der Waals surface area contributed by atoms with E-state index >= 15 is 0 Å². The maximum atomic E-state index is 12.8. The fourth-order valence-electron chi connectivity index (χ4n) is 2.27. The van der Waals surface area contributed by atoms with E-state index in [9.17, 15) is 9.18 Å². The highest BCUT2D eigenvalue weighted by Gasteiger charge is 2.25. The first-order chi connectivity index (χ1) is 9.72. The number of benzene rings is 2. The third kappa shape index (κ3) is 2.64. The minimum Gasteiger partial charge on any atom is -0.492 e. The molecule has 0 aromatic heterocycles. The first-order valence-electron chi connectivity index (χ1n) is 6.49. The minimum absolute atomic E-state index is 0.105. The molecule has 0 fully saturated rings. The van der Waals surface area contributed by atoms with Gasteiger partial charge < -0.3 is 10.1 Å². The van der Waals surface area contributed by atoms with Gasteiger partial charge in [0, 0.05) is 5.69 Å². The molecule has 3 nitrogen and oxygen atoms in total. The predicted octanol–water partition coefficient (Wildman–Crippen LogP) is 3.02.